The third-order valence-corrected chi connectivity index (χ3v) is 7.61. The van der Waals surface area contributed by atoms with Crippen LogP contribution in [-0.4, -0.2) is 25.2 Å². The second kappa shape index (κ2) is 4.22. The van der Waals surface area contributed by atoms with Crippen molar-refractivity contribution in [2.45, 2.75) is 31.6 Å². The first-order valence-corrected chi connectivity index (χ1v) is 9.12. The van der Waals surface area contributed by atoms with Crippen molar-refractivity contribution < 1.29 is 13.2 Å². The second-order valence-electron chi connectivity index (χ2n) is 7.13. The lowest BCUT2D eigenvalue weighted by Gasteiger charge is -2.56. The van der Waals surface area contributed by atoms with Crippen LogP contribution >= 0.6 is 0 Å². The Balaban J connectivity index is 1.68. The average molecular weight is 317 g/mol. The lowest BCUT2D eigenvalue weighted by Crippen LogP contribution is -2.50. The van der Waals surface area contributed by atoms with Gasteiger partial charge in [0.05, 0.1) is 12.1 Å². The zero-order chi connectivity index (χ0) is 15.7. The minimum atomic E-state index is -3.70. The van der Waals surface area contributed by atoms with Crippen LogP contribution in [0.15, 0.2) is 40.8 Å². The monoisotopic (exact) mass is 317 g/mol. The number of fused-ring (bicyclic) bond motifs is 2. The van der Waals surface area contributed by atoms with Gasteiger partial charge < -0.3 is 0 Å². The number of allylic oxidation sites excluding steroid dienone is 1. The molecule has 0 N–H and O–H groups in total. The van der Waals surface area contributed by atoms with Gasteiger partial charge in [0.1, 0.15) is 4.90 Å². The standard InChI is InChI=1S/C17H19NO3S/c1-17(2)12-8-7-11(14(17)9-12)10-18-16(19)13-5-3-4-6-15(13)22(18,20)21/h3-7,12,14H,8-10H2,1-2H3/t12-,14-/m0/s1. The molecular formula is C17H19NO3S. The molecule has 22 heavy (non-hydrogen) atoms. The quantitative estimate of drug-likeness (QED) is 0.788. The fraction of sp³-hybridized carbons (Fsp3) is 0.471. The Bertz CT molecular complexity index is 807. The van der Waals surface area contributed by atoms with Gasteiger partial charge in [-0.3, -0.25) is 4.79 Å². The van der Waals surface area contributed by atoms with Crippen LogP contribution in [0.4, 0.5) is 0 Å². The van der Waals surface area contributed by atoms with Crippen LogP contribution in [0.1, 0.15) is 37.0 Å². The van der Waals surface area contributed by atoms with Crippen LogP contribution < -0.4 is 0 Å². The highest BCUT2D eigenvalue weighted by Gasteiger charge is 2.52. The summed E-state index contributed by atoms with van der Waals surface area (Å²) in [6, 6.07) is 6.47. The highest BCUT2D eigenvalue weighted by molar-refractivity contribution is 7.90. The van der Waals surface area contributed by atoms with Crippen LogP contribution in [0, 0.1) is 17.3 Å². The molecule has 1 aliphatic heterocycles. The molecule has 4 aliphatic rings. The molecule has 116 valence electrons. The van der Waals surface area contributed by atoms with Crippen LogP contribution in [-0.2, 0) is 10.0 Å². The van der Waals surface area contributed by atoms with E-state index in [1.54, 1.807) is 18.2 Å². The number of amides is 1. The van der Waals surface area contributed by atoms with Crippen molar-refractivity contribution in [3.8, 4) is 0 Å². The molecule has 0 saturated heterocycles. The van der Waals surface area contributed by atoms with E-state index < -0.39 is 15.9 Å². The molecule has 2 bridgehead atoms. The van der Waals surface area contributed by atoms with Crippen molar-refractivity contribution in [1.82, 2.24) is 4.31 Å². The maximum atomic E-state index is 12.6. The Labute approximate surface area is 130 Å². The van der Waals surface area contributed by atoms with E-state index in [1.807, 2.05) is 0 Å². The number of rotatable bonds is 2. The summed E-state index contributed by atoms with van der Waals surface area (Å²) in [5.41, 5.74) is 1.63. The van der Waals surface area contributed by atoms with Crippen LogP contribution in [0.3, 0.4) is 0 Å². The molecule has 5 heteroatoms. The predicted molar refractivity (Wildman–Crippen MR) is 82.7 cm³/mol. The molecule has 1 saturated carbocycles. The minimum absolute atomic E-state index is 0.141. The first-order chi connectivity index (χ1) is 10.3. The van der Waals surface area contributed by atoms with Gasteiger partial charge in [0, 0.05) is 0 Å². The summed E-state index contributed by atoms with van der Waals surface area (Å²) < 4.78 is 26.3. The Morgan fingerprint density at radius 3 is 2.64 bits per heavy atom. The van der Waals surface area contributed by atoms with Crippen molar-refractivity contribution in [3.05, 3.63) is 41.5 Å². The molecule has 0 unspecified atom stereocenters. The molecule has 5 rings (SSSR count). The number of hydrogen-bond acceptors (Lipinski definition) is 3. The van der Waals surface area contributed by atoms with E-state index >= 15 is 0 Å². The maximum Gasteiger partial charge on any atom is 0.269 e. The van der Waals surface area contributed by atoms with Gasteiger partial charge in [0.2, 0.25) is 0 Å². The fourth-order valence-corrected chi connectivity index (χ4v) is 5.77. The molecule has 1 aromatic rings. The summed E-state index contributed by atoms with van der Waals surface area (Å²) in [6.07, 6.45) is 4.26. The van der Waals surface area contributed by atoms with Gasteiger partial charge in [-0.2, -0.15) is 0 Å². The molecular weight excluding hydrogens is 298 g/mol. The largest absolute Gasteiger partial charge is 0.269 e. The molecule has 1 fully saturated rings. The van der Waals surface area contributed by atoms with Gasteiger partial charge >= 0.3 is 0 Å². The van der Waals surface area contributed by atoms with E-state index in [4.69, 9.17) is 0 Å². The summed E-state index contributed by atoms with van der Waals surface area (Å²) >= 11 is 0. The van der Waals surface area contributed by atoms with E-state index in [0.717, 1.165) is 22.7 Å². The summed E-state index contributed by atoms with van der Waals surface area (Å²) in [5, 5.41) is 0. The number of nitrogens with zero attached hydrogens (tertiary/aromatic N) is 1. The number of carbonyl (C=O) groups excluding carboxylic acids is 1. The Hall–Kier alpha value is -1.62. The van der Waals surface area contributed by atoms with Gasteiger partial charge in [0.15, 0.2) is 0 Å². The summed E-state index contributed by atoms with van der Waals surface area (Å²) in [7, 11) is -3.70. The van der Waals surface area contributed by atoms with Crippen LogP contribution in [0.2, 0.25) is 0 Å². The molecule has 3 aliphatic carbocycles. The zero-order valence-electron chi connectivity index (χ0n) is 12.7. The number of benzene rings is 1. The lowest BCUT2D eigenvalue weighted by atomic mass is 9.49. The highest BCUT2D eigenvalue weighted by Crippen LogP contribution is 2.59. The van der Waals surface area contributed by atoms with E-state index in [9.17, 15) is 13.2 Å². The SMILES string of the molecule is CC1(C)[C@H]2CC=C(CN3C(=O)c4ccccc4S3(=O)=O)[C@@H]1C2. The predicted octanol–water partition coefficient (Wildman–Crippen LogP) is 2.82. The molecule has 0 spiro atoms. The first-order valence-electron chi connectivity index (χ1n) is 7.68. The topological polar surface area (TPSA) is 54.5 Å². The molecule has 2 atom stereocenters. The van der Waals surface area contributed by atoms with Crippen LogP contribution in [0.5, 0.6) is 0 Å². The van der Waals surface area contributed by atoms with Gasteiger partial charge in [0.25, 0.3) is 15.9 Å². The van der Waals surface area contributed by atoms with E-state index in [0.29, 0.717) is 17.4 Å². The molecule has 1 aromatic carbocycles. The lowest BCUT2D eigenvalue weighted by molar-refractivity contribution is -0.00863. The third-order valence-electron chi connectivity index (χ3n) is 5.82. The van der Waals surface area contributed by atoms with Gasteiger partial charge in [-0.15, -0.1) is 0 Å². The van der Waals surface area contributed by atoms with Crippen molar-refractivity contribution in [2.75, 3.05) is 6.54 Å². The zero-order valence-corrected chi connectivity index (χ0v) is 13.6. The van der Waals surface area contributed by atoms with Gasteiger partial charge in [-0.25, -0.2) is 12.7 Å². The van der Waals surface area contributed by atoms with Gasteiger partial charge in [-0.05, 0) is 47.8 Å². The van der Waals surface area contributed by atoms with Crippen molar-refractivity contribution >= 4 is 15.9 Å². The van der Waals surface area contributed by atoms with Gasteiger partial charge in [-0.1, -0.05) is 32.1 Å². The van der Waals surface area contributed by atoms with E-state index in [1.165, 1.54) is 6.07 Å². The van der Waals surface area contributed by atoms with Crippen molar-refractivity contribution in [1.29, 1.82) is 0 Å². The minimum Gasteiger partial charge on any atom is -0.268 e. The molecule has 0 radical (unpaired) electrons. The van der Waals surface area contributed by atoms with E-state index in [-0.39, 0.29) is 16.9 Å². The van der Waals surface area contributed by atoms with Crippen molar-refractivity contribution in [2.24, 2.45) is 17.3 Å². The molecule has 0 aromatic heterocycles. The Morgan fingerprint density at radius 2 is 2.00 bits per heavy atom. The molecule has 1 amide bonds. The fourth-order valence-electron chi connectivity index (χ4n) is 4.21. The Morgan fingerprint density at radius 1 is 1.27 bits per heavy atom. The first kappa shape index (κ1) is 14.0. The molecule has 4 nitrogen and oxygen atoms in total. The second-order valence-corrected chi connectivity index (χ2v) is 8.97. The van der Waals surface area contributed by atoms with E-state index in [2.05, 4.69) is 19.9 Å². The number of sulfonamides is 1. The smallest absolute Gasteiger partial charge is 0.268 e. The highest BCUT2D eigenvalue weighted by atomic mass is 32.2. The number of carbonyl (C=O) groups is 1. The average Bonchev–Trinajstić information content (AvgIpc) is 2.69. The Kier molecular flexibility index (Phi) is 2.69. The maximum absolute atomic E-state index is 12.6. The van der Waals surface area contributed by atoms with Crippen LogP contribution in [0.25, 0.3) is 0 Å². The summed E-state index contributed by atoms with van der Waals surface area (Å²) in [5.74, 6) is 0.707. The normalized spacial score (nSPS) is 30.5. The van der Waals surface area contributed by atoms with Crippen molar-refractivity contribution in [3.63, 3.8) is 0 Å². The molecule has 1 heterocycles. The summed E-state index contributed by atoms with van der Waals surface area (Å²) in [6.45, 7) is 4.69. The number of hydrogen-bond donors (Lipinski definition) is 0. The third kappa shape index (κ3) is 1.63. The summed E-state index contributed by atoms with van der Waals surface area (Å²) in [4.78, 5) is 12.6.